The average molecular weight is 361 g/mol. The van der Waals surface area contributed by atoms with E-state index in [4.69, 9.17) is 19.2 Å². The zero-order chi connectivity index (χ0) is 18.4. The summed E-state index contributed by atoms with van der Waals surface area (Å²) in [5.74, 6) is 2.48. The Kier molecular flexibility index (Phi) is 6.25. The first kappa shape index (κ1) is 18.8. The highest BCUT2D eigenvalue weighted by molar-refractivity contribution is 5.80. The molecule has 2 fully saturated rings. The lowest BCUT2D eigenvalue weighted by Gasteiger charge is -2.25. The predicted octanol–water partition coefficient (Wildman–Crippen LogP) is 2.54. The van der Waals surface area contributed by atoms with E-state index in [1.165, 1.54) is 6.42 Å². The van der Waals surface area contributed by atoms with Crippen molar-refractivity contribution in [1.29, 1.82) is 0 Å². The van der Waals surface area contributed by atoms with Crippen molar-refractivity contribution in [1.82, 2.24) is 10.2 Å². The van der Waals surface area contributed by atoms with E-state index >= 15 is 0 Å². The molecule has 0 amide bonds. The number of hydrogen-bond donors (Lipinski definition) is 1. The molecule has 3 rings (SSSR count). The minimum atomic E-state index is -0.0358. The molecule has 144 valence electrons. The molecule has 0 saturated carbocycles. The molecule has 0 bridgehead atoms. The zero-order valence-corrected chi connectivity index (χ0v) is 16.2. The van der Waals surface area contributed by atoms with Crippen molar-refractivity contribution in [2.75, 3.05) is 46.5 Å². The first-order valence-corrected chi connectivity index (χ1v) is 9.56. The molecule has 0 aromatic heterocycles. The number of para-hydroxylation sites is 2. The fourth-order valence-corrected chi connectivity index (χ4v) is 3.70. The Morgan fingerprint density at radius 3 is 2.85 bits per heavy atom. The van der Waals surface area contributed by atoms with Gasteiger partial charge in [-0.3, -0.25) is 0 Å². The van der Waals surface area contributed by atoms with Crippen molar-refractivity contribution >= 4 is 5.96 Å². The summed E-state index contributed by atoms with van der Waals surface area (Å²) in [4.78, 5) is 7.20. The minimum absolute atomic E-state index is 0.0358. The third-order valence-corrected chi connectivity index (χ3v) is 5.15. The Hall–Kier alpha value is -1.95. The molecule has 6 heteroatoms. The van der Waals surface area contributed by atoms with Crippen molar-refractivity contribution < 1.29 is 14.2 Å². The number of hydrogen-bond acceptors (Lipinski definition) is 4. The topological polar surface area (TPSA) is 55.3 Å². The minimum Gasteiger partial charge on any atom is -0.493 e. The molecule has 2 saturated heterocycles. The second-order valence-electron chi connectivity index (χ2n) is 7.25. The van der Waals surface area contributed by atoms with E-state index in [1.54, 1.807) is 7.11 Å². The van der Waals surface area contributed by atoms with Crippen LogP contribution in [-0.2, 0) is 4.74 Å². The van der Waals surface area contributed by atoms with E-state index in [0.717, 1.165) is 56.7 Å². The van der Waals surface area contributed by atoms with Crippen LogP contribution in [0.5, 0.6) is 11.5 Å². The highest BCUT2D eigenvalue weighted by atomic mass is 16.5. The Morgan fingerprint density at radius 2 is 2.15 bits per heavy atom. The van der Waals surface area contributed by atoms with Crippen molar-refractivity contribution in [3.8, 4) is 11.5 Å². The van der Waals surface area contributed by atoms with E-state index in [2.05, 4.69) is 17.1 Å². The molecule has 1 N–H and O–H groups in total. The highest BCUT2D eigenvalue weighted by Gasteiger charge is 2.42. The lowest BCUT2D eigenvalue weighted by atomic mass is 9.87. The van der Waals surface area contributed by atoms with Gasteiger partial charge in [-0.25, -0.2) is 4.99 Å². The van der Waals surface area contributed by atoms with Crippen LogP contribution >= 0.6 is 0 Å². The predicted molar refractivity (Wildman–Crippen MR) is 103 cm³/mol. The van der Waals surface area contributed by atoms with Crippen molar-refractivity contribution in [2.45, 2.75) is 32.8 Å². The Bertz CT molecular complexity index is 614. The Balaban J connectivity index is 1.60. The highest BCUT2D eigenvalue weighted by Crippen LogP contribution is 2.38. The van der Waals surface area contributed by atoms with E-state index in [0.29, 0.717) is 12.0 Å². The van der Waals surface area contributed by atoms with Crippen LogP contribution in [0, 0.1) is 5.41 Å². The van der Waals surface area contributed by atoms with Gasteiger partial charge in [-0.2, -0.15) is 0 Å². The average Bonchev–Trinajstić information content (AvgIpc) is 3.29. The summed E-state index contributed by atoms with van der Waals surface area (Å²) in [6.07, 6.45) is 2.31. The molecule has 1 spiro atoms. The first-order valence-electron chi connectivity index (χ1n) is 9.56. The molecule has 2 aliphatic rings. The molecule has 2 aliphatic heterocycles. The van der Waals surface area contributed by atoms with Gasteiger partial charge in [0.05, 0.1) is 20.3 Å². The normalized spacial score (nSPS) is 24.1. The van der Waals surface area contributed by atoms with Crippen LogP contribution in [0.25, 0.3) is 0 Å². The van der Waals surface area contributed by atoms with E-state index in [9.17, 15) is 0 Å². The second-order valence-corrected chi connectivity index (χ2v) is 7.25. The van der Waals surface area contributed by atoms with Crippen LogP contribution in [0.2, 0.25) is 0 Å². The van der Waals surface area contributed by atoms with Crippen molar-refractivity contribution in [3.05, 3.63) is 24.3 Å². The standard InChI is InChI=1S/C20H31N3O3/c1-4-21-19(23-11-9-20(14-23)10-12-25-15-20)22-13-16(2)26-18-8-6-5-7-17(18)24-3/h5-8,16H,4,9-15H2,1-3H3,(H,21,22). The van der Waals surface area contributed by atoms with Gasteiger partial charge in [-0.15, -0.1) is 0 Å². The molecule has 26 heavy (non-hydrogen) atoms. The van der Waals surface area contributed by atoms with Gasteiger partial charge in [-0.05, 0) is 38.8 Å². The number of nitrogens with zero attached hydrogens (tertiary/aromatic N) is 2. The summed E-state index contributed by atoms with van der Waals surface area (Å²) < 4.78 is 17.0. The van der Waals surface area contributed by atoms with Crippen molar-refractivity contribution in [3.63, 3.8) is 0 Å². The van der Waals surface area contributed by atoms with Gasteiger partial charge in [-0.1, -0.05) is 12.1 Å². The molecule has 2 atom stereocenters. The summed E-state index contributed by atoms with van der Waals surface area (Å²) in [6.45, 7) is 9.45. The molecule has 2 unspecified atom stereocenters. The molecule has 1 aromatic rings. The van der Waals surface area contributed by atoms with E-state index in [-0.39, 0.29) is 6.10 Å². The smallest absolute Gasteiger partial charge is 0.194 e. The third-order valence-electron chi connectivity index (χ3n) is 5.15. The van der Waals surface area contributed by atoms with Gasteiger partial charge in [0.1, 0.15) is 6.10 Å². The summed E-state index contributed by atoms with van der Waals surface area (Å²) in [5.41, 5.74) is 0.329. The summed E-state index contributed by atoms with van der Waals surface area (Å²) in [7, 11) is 1.66. The molecule has 2 heterocycles. The number of rotatable bonds is 6. The number of aliphatic imine (C=N–C) groups is 1. The van der Waals surface area contributed by atoms with Gasteiger partial charge in [0.25, 0.3) is 0 Å². The number of guanidine groups is 1. The quantitative estimate of drug-likeness (QED) is 0.623. The number of nitrogens with one attached hydrogen (secondary N) is 1. The third kappa shape index (κ3) is 4.41. The maximum absolute atomic E-state index is 6.02. The fourth-order valence-electron chi connectivity index (χ4n) is 3.70. The van der Waals surface area contributed by atoms with Crippen molar-refractivity contribution in [2.24, 2.45) is 10.4 Å². The van der Waals surface area contributed by atoms with Gasteiger partial charge >= 0.3 is 0 Å². The molecular weight excluding hydrogens is 330 g/mol. The van der Waals surface area contributed by atoms with Gasteiger partial charge in [0.2, 0.25) is 0 Å². The van der Waals surface area contributed by atoms with E-state index < -0.39 is 0 Å². The SMILES string of the molecule is CCNC(=NCC(C)Oc1ccccc1OC)N1CCC2(CCOC2)C1. The van der Waals surface area contributed by atoms with Crippen LogP contribution in [0.15, 0.2) is 29.3 Å². The first-order chi connectivity index (χ1) is 12.7. The van der Waals surface area contributed by atoms with Crippen LogP contribution in [0.1, 0.15) is 26.7 Å². The second kappa shape index (κ2) is 8.62. The van der Waals surface area contributed by atoms with Crippen LogP contribution in [-0.4, -0.2) is 63.5 Å². The van der Waals surface area contributed by atoms with Gasteiger partial charge in [0.15, 0.2) is 17.5 Å². The number of ether oxygens (including phenoxy) is 3. The van der Waals surface area contributed by atoms with Crippen LogP contribution < -0.4 is 14.8 Å². The Labute approximate surface area is 156 Å². The van der Waals surface area contributed by atoms with Gasteiger partial charge < -0.3 is 24.4 Å². The lowest BCUT2D eigenvalue weighted by Crippen LogP contribution is -2.42. The van der Waals surface area contributed by atoms with Gasteiger partial charge in [0, 0.05) is 31.7 Å². The monoisotopic (exact) mass is 361 g/mol. The largest absolute Gasteiger partial charge is 0.493 e. The molecular formula is C20H31N3O3. The summed E-state index contributed by atoms with van der Waals surface area (Å²) >= 11 is 0. The molecule has 0 aliphatic carbocycles. The number of likely N-dealkylation sites (tertiary alicyclic amines) is 1. The number of benzene rings is 1. The number of methoxy groups -OCH3 is 1. The van der Waals surface area contributed by atoms with Crippen LogP contribution in [0.3, 0.4) is 0 Å². The maximum atomic E-state index is 6.02. The summed E-state index contributed by atoms with van der Waals surface area (Å²) in [5, 5.41) is 3.43. The lowest BCUT2D eigenvalue weighted by molar-refractivity contribution is 0.156. The molecule has 0 radical (unpaired) electrons. The fraction of sp³-hybridized carbons (Fsp3) is 0.650. The molecule has 6 nitrogen and oxygen atoms in total. The summed E-state index contributed by atoms with van der Waals surface area (Å²) in [6, 6.07) is 7.72. The Morgan fingerprint density at radius 1 is 1.35 bits per heavy atom. The molecule has 1 aromatic carbocycles. The van der Waals surface area contributed by atoms with Crippen LogP contribution in [0.4, 0.5) is 0 Å². The van der Waals surface area contributed by atoms with E-state index in [1.807, 2.05) is 31.2 Å². The maximum Gasteiger partial charge on any atom is 0.194 e. The zero-order valence-electron chi connectivity index (χ0n) is 16.2.